The summed E-state index contributed by atoms with van der Waals surface area (Å²) in [4.78, 5) is 40.5. The molecule has 0 aliphatic carbocycles. The highest BCUT2D eigenvalue weighted by Gasteiger charge is 2.49. The first-order valence-electron chi connectivity index (χ1n) is 9.34. The highest BCUT2D eigenvalue weighted by molar-refractivity contribution is 6.19. The monoisotopic (exact) mass is 395 g/mol. The van der Waals surface area contributed by atoms with Crippen molar-refractivity contribution in [3.63, 3.8) is 0 Å². The highest BCUT2D eigenvalue weighted by atomic mass is 16.5. The van der Waals surface area contributed by atoms with E-state index in [2.05, 4.69) is 5.32 Å². The first-order valence-corrected chi connectivity index (χ1v) is 9.34. The van der Waals surface area contributed by atoms with Crippen LogP contribution in [0.25, 0.3) is 0 Å². The Balaban J connectivity index is 1.53. The number of urea groups is 1. The topological polar surface area (TPSA) is 88.2 Å². The number of amides is 4. The summed E-state index contributed by atoms with van der Waals surface area (Å²) in [6.07, 6.45) is 0.537. The standard InChI is InChI=1S/C21H21N3O5/c1-28-13-18(25)23-12-11-17-19(23)20(26)24(21(27)22-17)14-7-9-16(10-8-14)29-15-5-3-2-4-6-15/h2-10,17,19H,11-13H2,1H3,(H,22,27)/t17-,19+/m1/s1. The second-order valence-electron chi connectivity index (χ2n) is 6.89. The van der Waals surface area contributed by atoms with Crippen molar-refractivity contribution in [3.05, 3.63) is 54.6 Å². The number of imide groups is 1. The number of carbonyl (C=O) groups excluding carboxylic acids is 3. The lowest BCUT2D eigenvalue weighted by Crippen LogP contribution is -2.65. The van der Waals surface area contributed by atoms with Crippen LogP contribution in [0.15, 0.2) is 54.6 Å². The molecule has 0 saturated carbocycles. The number of likely N-dealkylation sites (tertiary alicyclic amines) is 1. The van der Waals surface area contributed by atoms with Crippen LogP contribution in [0.5, 0.6) is 11.5 Å². The second kappa shape index (κ2) is 7.92. The zero-order chi connectivity index (χ0) is 20.4. The van der Waals surface area contributed by atoms with Gasteiger partial charge in [-0.3, -0.25) is 9.59 Å². The summed E-state index contributed by atoms with van der Waals surface area (Å²) < 4.78 is 10.7. The molecule has 2 saturated heterocycles. The molecule has 2 aliphatic heterocycles. The van der Waals surface area contributed by atoms with Gasteiger partial charge in [0.1, 0.15) is 24.1 Å². The Bertz CT molecular complexity index is 916. The van der Waals surface area contributed by atoms with Crippen LogP contribution in [0, 0.1) is 0 Å². The molecular weight excluding hydrogens is 374 g/mol. The number of anilines is 1. The van der Waals surface area contributed by atoms with E-state index < -0.39 is 18.0 Å². The average Bonchev–Trinajstić information content (AvgIpc) is 3.14. The van der Waals surface area contributed by atoms with E-state index in [1.807, 2.05) is 30.3 Å². The molecule has 29 heavy (non-hydrogen) atoms. The van der Waals surface area contributed by atoms with Crippen molar-refractivity contribution in [1.29, 1.82) is 0 Å². The molecule has 0 bridgehead atoms. The summed E-state index contributed by atoms with van der Waals surface area (Å²) in [7, 11) is 1.43. The Kier molecular flexibility index (Phi) is 5.18. The third kappa shape index (κ3) is 3.66. The molecule has 2 aromatic rings. The summed E-state index contributed by atoms with van der Waals surface area (Å²) in [5.74, 6) is 0.585. The van der Waals surface area contributed by atoms with Crippen molar-refractivity contribution in [3.8, 4) is 11.5 Å². The van der Waals surface area contributed by atoms with Gasteiger partial charge >= 0.3 is 6.03 Å². The first-order chi connectivity index (χ1) is 14.1. The smallest absolute Gasteiger partial charge is 0.329 e. The zero-order valence-corrected chi connectivity index (χ0v) is 15.9. The van der Waals surface area contributed by atoms with Crippen LogP contribution in [-0.2, 0) is 14.3 Å². The van der Waals surface area contributed by atoms with Crippen molar-refractivity contribution in [2.24, 2.45) is 0 Å². The lowest BCUT2D eigenvalue weighted by Gasteiger charge is -2.36. The van der Waals surface area contributed by atoms with E-state index in [4.69, 9.17) is 9.47 Å². The molecule has 0 unspecified atom stereocenters. The van der Waals surface area contributed by atoms with Crippen LogP contribution in [0.3, 0.4) is 0 Å². The van der Waals surface area contributed by atoms with Crippen molar-refractivity contribution in [1.82, 2.24) is 10.2 Å². The number of hydrogen-bond donors (Lipinski definition) is 1. The van der Waals surface area contributed by atoms with Gasteiger partial charge in [-0.15, -0.1) is 0 Å². The van der Waals surface area contributed by atoms with E-state index in [0.29, 0.717) is 30.2 Å². The predicted octanol–water partition coefficient (Wildman–Crippen LogP) is 2.15. The molecule has 2 aliphatic rings. The van der Waals surface area contributed by atoms with E-state index in [9.17, 15) is 14.4 Å². The molecule has 8 heteroatoms. The molecule has 0 radical (unpaired) electrons. The number of ether oxygens (including phenoxy) is 2. The van der Waals surface area contributed by atoms with Gasteiger partial charge in [0, 0.05) is 13.7 Å². The minimum atomic E-state index is -0.726. The molecule has 0 aromatic heterocycles. The van der Waals surface area contributed by atoms with Gasteiger partial charge in [0.05, 0.1) is 11.7 Å². The van der Waals surface area contributed by atoms with E-state index in [1.165, 1.54) is 12.0 Å². The molecule has 2 fully saturated rings. The Labute approximate surface area is 168 Å². The van der Waals surface area contributed by atoms with Gasteiger partial charge in [0.15, 0.2) is 0 Å². The zero-order valence-electron chi connectivity index (χ0n) is 15.9. The largest absolute Gasteiger partial charge is 0.457 e. The van der Waals surface area contributed by atoms with Crippen molar-refractivity contribution in [2.45, 2.75) is 18.5 Å². The third-order valence-corrected chi connectivity index (χ3v) is 5.05. The number of benzene rings is 2. The number of rotatable bonds is 5. The molecule has 150 valence electrons. The molecule has 0 spiro atoms. The van der Waals surface area contributed by atoms with Crippen LogP contribution >= 0.6 is 0 Å². The maximum Gasteiger partial charge on any atom is 0.329 e. The van der Waals surface area contributed by atoms with E-state index in [0.717, 1.165) is 4.90 Å². The normalized spacial score (nSPS) is 21.0. The third-order valence-electron chi connectivity index (χ3n) is 5.05. The SMILES string of the molecule is COCC(=O)N1CC[C@H]2NC(=O)N(c3ccc(Oc4ccccc4)cc3)C(=O)[C@H]21. The Morgan fingerprint density at radius 2 is 1.76 bits per heavy atom. The van der Waals surface area contributed by atoms with Crippen LogP contribution < -0.4 is 15.0 Å². The number of carbonyl (C=O) groups is 3. The molecule has 2 atom stereocenters. The van der Waals surface area contributed by atoms with Crippen molar-refractivity contribution >= 4 is 23.5 Å². The van der Waals surface area contributed by atoms with Crippen LogP contribution in [0.1, 0.15) is 6.42 Å². The van der Waals surface area contributed by atoms with Gasteiger partial charge in [0.2, 0.25) is 5.91 Å². The van der Waals surface area contributed by atoms with E-state index in [1.54, 1.807) is 24.3 Å². The summed E-state index contributed by atoms with van der Waals surface area (Å²) in [5, 5.41) is 2.84. The molecule has 8 nitrogen and oxygen atoms in total. The number of hydrogen-bond acceptors (Lipinski definition) is 5. The second-order valence-corrected chi connectivity index (χ2v) is 6.89. The Morgan fingerprint density at radius 3 is 2.45 bits per heavy atom. The fourth-order valence-electron chi connectivity index (χ4n) is 3.72. The molecule has 4 amide bonds. The van der Waals surface area contributed by atoms with Gasteiger partial charge < -0.3 is 19.7 Å². The van der Waals surface area contributed by atoms with Crippen LogP contribution in [0.2, 0.25) is 0 Å². The van der Waals surface area contributed by atoms with Gasteiger partial charge in [-0.2, -0.15) is 0 Å². The lowest BCUT2D eigenvalue weighted by molar-refractivity contribution is -0.140. The Hall–Kier alpha value is -3.39. The highest BCUT2D eigenvalue weighted by Crippen LogP contribution is 2.30. The fraction of sp³-hybridized carbons (Fsp3) is 0.286. The molecule has 2 heterocycles. The number of nitrogens with zero attached hydrogens (tertiary/aromatic N) is 2. The summed E-state index contributed by atoms with van der Waals surface area (Å²) >= 11 is 0. The van der Waals surface area contributed by atoms with Gasteiger partial charge in [0.25, 0.3) is 5.91 Å². The Morgan fingerprint density at radius 1 is 1.07 bits per heavy atom. The van der Waals surface area contributed by atoms with Gasteiger partial charge in [-0.1, -0.05) is 18.2 Å². The number of fused-ring (bicyclic) bond motifs is 1. The number of para-hydroxylation sites is 1. The fourth-order valence-corrected chi connectivity index (χ4v) is 3.72. The molecule has 2 aromatic carbocycles. The molecular formula is C21H21N3O5. The van der Waals surface area contributed by atoms with Crippen molar-refractivity contribution < 1.29 is 23.9 Å². The molecule has 4 rings (SSSR count). The van der Waals surface area contributed by atoms with Gasteiger partial charge in [-0.25, -0.2) is 9.69 Å². The lowest BCUT2D eigenvalue weighted by atomic mass is 10.0. The summed E-state index contributed by atoms with van der Waals surface area (Å²) in [6.45, 7) is 0.303. The first kappa shape index (κ1) is 18.9. The maximum absolute atomic E-state index is 13.1. The van der Waals surface area contributed by atoms with Crippen LogP contribution in [0.4, 0.5) is 10.5 Å². The number of methoxy groups -OCH3 is 1. The average molecular weight is 395 g/mol. The summed E-state index contributed by atoms with van der Waals surface area (Å²) in [5.41, 5.74) is 0.414. The van der Waals surface area contributed by atoms with Gasteiger partial charge in [-0.05, 0) is 42.8 Å². The maximum atomic E-state index is 13.1. The predicted molar refractivity (Wildman–Crippen MR) is 105 cm³/mol. The minimum Gasteiger partial charge on any atom is -0.457 e. The summed E-state index contributed by atoms with van der Waals surface area (Å²) in [6, 6.07) is 14.4. The molecule has 1 N–H and O–H groups in total. The van der Waals surface area contributed by atoms with E-state index in [-0.39, 0.29) is 18.6 Å². The van der Waals surface area contributed by atoms with Crippen molar-refractivity contribution in [2.75, 3.05) is 25.2 Å². The minimum absolute atomic E-state index is 0.101. The van der Waals surface area contributed by atoms with Crippen LogP contribution in [-0.4, -0.2) is 55.1 Å². The van der Waals surface area contributed by atoms with E-state index >= 15 is 0 Å². The number of nitrogens with one attached hydrogen (secondary N) is 1. The quantitative estimate of drug-likeness (QED) is 0.838.